The Hall–Kier alpha value is 1.61. The second-order valence-corrected chi connectivity index (χ2v) is 57.7. The number of carbonyl (C=O) groups excluding carboxylic acids is 1. The number of carbonyl (C=O) groups is 1. The van der Waals surface area contributed by atoms with Gasteiger partial charge in [-0.2, -0.15) is 10.5 Å². The van der Waals surface area contributed by atoms with Crippen molar-refractivity contribution in [3.63, 3.8) is 0 Å². The molecule has 0 aliphatic rings. The fraction of sp³-hybridized carbons (Fsp3) is 0.583. The molecule has 0 atom stereocenters. The van der Waals surface area contributed by atoms with E-state index < -0.39 is 22.1 Å². The van der Waals surface area contributed by atoms with E-state index in [9.17, 15) is 4.79 Å². The predicted octanol–water partition coefficient (Wildman–Crippen LogP) is 7.90. The van der Waals surface area contributed by atoms with Crippen LogP contribution in [0.15, 0.2) is 17.1 Å². The summed E-state index contributed by atoms with van der Waals surface area (Å²) >= 11 is 12.5. The zero-order valence-electron chi connectivity index (χ0n) is 26.8. The van der Waals surface area contributed by atoms with Crippen molar-refractivity contribution >= 4 is 142 Å². The van der Waals surface area contributed by atoms with Crippen LogP contribution in [0.1, 0.15) is 22.0 Å². The average Bonchev–Trinajstić information content (AvgIpc) is 3.58. The Labute approximate surface area is 346 Å². The van der Waals surface area contributed by atoms with Gasteiger partial charge in [-0.15, -0.1) is 9.80 Å². The van der Waals surface area contributed by atoms with Gasteiger partial charge in [-0.05, 0) is 49.2 Å². The molecule has 2 aromatic heterocycles. The number of aliphatic hydroxyl groups is 1. The van der Waals surface area contributed by atoms with E-state index in [-0.39, 0.29) is 36.7 Å². The SMILES string of the molecule is CO.COC(=O)c1nc(C#N)cn1COCC[Si](C)(C)C.C[Si](C)(C)CCOCn1cc(C#N)nc1Br.SI.[C-]#[O+].[I][V]([I])[I].[SH-]. The number of methoxy groups -OCH3 is 1. The number of aliphatic hydroxyl groups excluding tert-OH is 1. The summed E-state index contributed by atoms with van der Waals surface area (Å²) in [7, 11) is 3.62. The molecule has 46 heavy (non-hydrogen) atoms. The van der Waals surface area contributed by atoms with Gasteiger partial charge in [-0.25, -0.2) is 14.8 Å². The van der Waals surface area contributed by atoms with Crippen LogP contribution < -0.4 is 0 Å². The molecule has 0 aliphatic carbocycles. The van der Waals surface area contributed by atoms with Crippen LogP contribution >= 0.6 is 107 Å². The second-order valence-electron chi connectivity index (χ2n) is 10.4. The van der Waals surface area contributed by atoms with Crippen LogP contribution in [0.25, 0.3) is 0 Å². The standard InChI is InChI=1S/C12H19N3O3Si.C10H16BrN3OSi.CH4O.CO.HIS.3HI.H2S.V/c1-17-12(16)11-14-10(7-13)8-15(11)9-18-5-6-19(2,3)4;1-16(2,3)5-4-15-8-14-7-9(6-12)13-10(14)11;3*1-2;;;;;/h8H,5-6,9H2,1-4H3;7H,4-5,8H2,1-3H3;2H,1H3;;2H;3*1H;1H2;/q;;;;;;;;;+3/p-4. The van der Waals surface area contributed by atoms with E-state index in [1.54, 1.807) is 10.8 Å². The molecule has 2 heterocycles. The first kappa shape index (κ1) is 57.0. The average molecular weight is 1270 g/mol. The molecule has 12 nitrogen and oxygen atoms in total. The van der Waals surface area contributed by atoms with Crippen LogP contribution in [0, 0.1) is 29.3 Å². The molecule has 2 aromatic rings. The second kappa shape index (κ2) is 35.0. The summed E-state index contributed by atoms with van der Waals surface area (Å²) in [4.78, 5) is 19.1. The normalized spacial score (nSPS) is 9.65. The van der Waals surface area contributed by atoms with Crippen molar-refractivity contribution in [3.05, 3.63) is 41.0 Å². The Kier molecular flexibility index (Phi) is 43.4. The Morgan fingerprint density at radius 2 is 1.30 bits per heavy atom. The van der Waals surface area contributed by atoms with Gasteiger partial charge in [0.15, 0.2) is 16.1 Å². The number of nitriles is 2. The summed E-state index contributed by atoms with van der Waals surface area (Å²) in [6, 6.07) is 6.07. The number of thiol groups is 2. The van der Waals surface area contributed by atoms with Crippen LogP contribution in [0.4, 0.5) is 0 Å². The Morgan fingerprint density at radius 3 is 1.63 bits per heavy atom. The number of nitrogens with zero attached hydrogens (tertiary/aromatic N) is 6. The molecule has 0 fully saturated rings. The third-order valence-corrected chi connectivity index (χ3v) is 8.60. The van der Waals surface area contributed by atoms with E-state index in [0.29, 0.717) is 23.8 Å². The summed E-state index contributed by atoms with van der Waals surface area (Å²) < 4.78 is 27.1. The van der Waals surface area contributed by atoms with Gasteiger partial charge < -0.3 is 41.9 Å². The molecule has 0 spiro atoms. The first-order valence-electron chi connectivity index (χ1n) is 12.5. The predicted molar refractivity (Wildman–Crippen MR) is 227 cm³/mol. The topological polar surface area (TPSA) is 168 Å². The maximum Gasteiger partial charge on any atom is -0.813 e. The van der Waals surface area contributed by atoms with Gasteiger partial charge in [0.1, 0.15) is 25.6 Å². The molecular weight excluding hydrogens is 1230 g/mol. The van der Waals surface area contributed by atoms with Crippen LogP contribution in [-0.2, 0) is 50.7 Å². The number of hydrogen-bond donors (Lipinski definition) is 2. The van der Waals surface area contributed by atoms with E-state index in [2.05, 4.69) is 146 Å². The summed E-state index contributed by atoms with van der Waals surface area (Å²) in [6.07, 6.45) is 3.17. The third-order valence-electron chi connectivity index (χ3n) is 4.55. The Bertz CT molecular complexity index is 1170. The zero-order valence-corrected chi connectivity index (χ0v) is 42.2. The summed E-state index contributed by atoms with van der Waals surface area (Å²) in [6.45, 7) is 20.3. The van der Waals surface area contributed by atoms with E-state index in [0.717, 1.165) is 25.8 Å². The van der Waals surface area contributed by atoms with Gasteiger partial charge in [0.2, 0.25) is 5.82 Å². The number of rotatable bonds is 11. The smallest absolute Gasteiger partial charge is 0.813 e. The number of imidazole rings is 2. The monoisotopic (exact) mass is 1270 g/mol. The molecule has 0 saturated carbocycles. The molecule has 0 unspecified atom stereocenters. The third kappa shape index (κ3) is 34.1. The molecule has 0 bridgehead atoms. The van der Waals surface area contributed by atoms with Gasteiger partial charge >= 0.3 is 82.1 Å². The minimum Gasteiger partial charge on any atom is -0.813 e. The molecule has 0 aromatic carbocycles. The quantitative estimate of drug-likeness (QED) is 0.0330. The van der Waals surface area contributed by atoms with Crippen molar-refractivity contribution in [3.8, 4) is 12.1 Å². The van der Waals surface area contributed by atoms with Gasteiger partial charge in [-0.1, -0.05) is 39.3 Å². The minimum absolute atomic E-state index is 0. The van der Waals surface area contributed by atoms with Gasteiger partial charge in [0.25, 0.3) is 0 Å². The molecule has 264 valence electrons. The number of esters is 1. The van der Waals surface area contributed by atoms with Gasteiger partial charge in [0.05, 0.1) is 7.11 Å². The molecule has 1 N–H and O–H groups in total. The van der Waals surface area contributed by atoms with E-state index in [1.807, 2.05) is 33.3 Å². The van der Waals surface area contributed by atoms with Crippen LogP contribution in [0.3, 0.4) is 0 Å². The zero-order chi connectivity index (χ0) is 36.2. The molecule has 2 rings (SSSR count). The van der Waals surface area contributed by atoms with Crippen molar-refractivity contribution < 1.29 is 33.7 Å². The van der Waals surface area contributed by atoms with E-state index in [1.165, 1.54) is 17.9 Å². The minimum atomic E-state index is -1.13. The van der Waals surface area contributed by atoms with Crippen molar-refractivity contribution in [2.45, 2.75) is 64.8 Å². The molecular formula is C24H41BrI4N6O6S2Si2V-. The first-order valence-corrected chi connectivity index (χ1v) is 37.4. The largest absolute Gasteiger partial charge is 0.813 e. The maximum absolute atomic E-state index is 11.5. The van der Waals surface area contributed by atoms with Gasteiger partial charge in [0, 0.05) is 48.9 Å². The fourth-order valence-corrected chi connectivity index (χ4v) is 4.35. The first-order chi connectivity index (χ1) is 21.0. The number of ether oxygens (including phenoxy) is 3. The van der Waals surface area contributed by atoms with Crippen molar-refractivity contribution in [1.82, 2.24) is 19.1 Å². The van der Waals surface area contributed by atoms with Crippen molar-refractivity contribution in [2.75, 3.05) is 27.4 Å². The van der Waals surface area contributed by atoms with Crippen molar-refractivity contribution in [2.24, 2.45) is 0 Å². The van der Waals surface area contributed by atoms with Crippen LogP contribution in [0.2, 0.25) is 51.4 Å². The molecule has 22 heteroatoms. The fourth-order valence-electron chi connectivity index (χ4n) is 2.44. The molecule has 0 saturated heterocycles. The number of aromatic nitrogens is 4. The summed E-state index contributed by atoms with van der Waals surface area (Å²) in [5.74, 6) is -0.484. The Morgan fingerprint density at radius 1 is 0.957 bits per heavy atom. The van der Waals surface area contributed by atoms with Crippen LogP contribution in [-0.4, -0.2) is 73.8 Å². The molecule has 0 amide bonds. The van der Waals surface area contributed by atoms with Crippen LogP contribution in [0.5, 0.6) is 0 Å². The Balaban J connectivity index is -0.000000188. The van der Waals surface area contributed by atoms with E-state index in [4.69, 9.17) is 29.8 Å². The summed E-state index contributed by atoms with van der Waals surface area (Å²) in [5.41, 5.74) is 0.579. The van der Waals surface area contributed by atoms with E-state index >= 15 is 0 Å². The summed E-state index contributed by atoms with van der Waals surface area (Å²) in [5, 5.41) is 24.5. The van der Waals surface area contributed by atoms with Gasteiger partial charge in [-0.3, -0.25) is 0 Å². The number of hydrogen-bond acceptors (Lipinski definition) is 11. The molecule has 0 aliphatic heterocycles. The molecule has 0 radical (unpaired) electrons. The number of halogens is 5. The van der Waals surface area contributed by atoms with Crippen molar-refractivity contribution in [1.29, 1.82) is 10.5 Å². The maximum atomic E-state index is 11.5.